The van der Waals surface area contributed by atoms with E-state index in [1.165, 1.54) is 11.3 Å². The largest absolute Gasteiger partial charge is 0.361 e. The number of aromatic nitrogens is 3. The predicted molar refractivity (Wildman–Crippen MR) is 90.8 cm³/mol. The van der Waals surface area contributed by atoms with Gasteiger partial charge in [0.1, 0.15) is 5.69 Å². The van der Waals surface area contributed by atoms with E-state index in [0.717, 1.165) is 43.9 Å². The van der Waals surface area contributed by atoms with Gasteiger partial charge in [0.2, 0.25) is 0 Å². The fourth-order valence-corrected chi connectivity index (χ4v) is 3.42. The molecular formula is C16H21N5OS. The van der Waals surface area contributed by atoms with E-state index in [-0.39, 0.29) is 5.91 Å². The number of carbonyl (C=O) groups excluding carboxylic acids is 1. The maximum absolute atomic E-state index is 12.4. The summed E-state index contributed by atoms with van der Waals surface area (Å²) in [5.74, 6) is 1.34. The molecule has 6 nitrogen and oxygen atoms in total. The Morgan fingerprint density at radius 1 is 1.39 bits per heavy atom. The highest BCUT2D eigenvalue weighted by Gasteiger charge is 2.25. The SMILES string of the molecule is CN(C)c1ccc(C[C@@H]2CCCN(C(=O)c3cscn3)C2)nn1. The summed E-state index contributed by atoms with van der Waals surface area (Å²) in [6.45, 7) is 1.59. The summed E-state index contributed by atoms with van der Waals surface area (Å²) in [5, 5.41) is 10.4. The van der Waals surface area contributed by atoms with Crippen LogP contribution in [0.1, 0.15) is 29.0 Å². The van der Waals surface area contributed by atoms with Crippen molar-refractivity contribution < 1.29 is 4.79 Å². The van der Waals surface area contributed by atoms with Crippen LogP contribution in [0.25, 0.3) is 0 Å². The van der Waals surface area contributed by atoms with E-state index in [1.54, 1.807) is 5.51 Å². The average Bonchev–Trinajstić information content (AvgIpc) is 3.09. The number of thiazole rings is 1. The molecule has 3 heterocycles. The van der Waals surface area contributed by atoms with E-state index < -0.39 is 0 Å². The fraction of sp³-hybridized carbons (Fsp3) is 0.500. The van der Waals surface area contributed by atoms with E-state index in [2.05, 4.69) is 15.2 Å². The van der Waals surface area contributed by atoms with Gasteiger partial charge in [0.05, 0.1) is 11.2 Å². The summed E-state index contributed by atoms with van der Waals surface area (Å²) in [4.78, 5) is 20.4. The molecule has 0 N–H and O–H groups in total. The van der Waals surface area contributed by atoms with Crippen LogP contribution in [0.4, 0.5) is 5.82 Å². The fourth-order valence-electron chi connectivity index (χ4n) is 2.89. The van der Waals surface area contributed by atoms with Crippen LogP contribution in [0.2, 0.25) is 0 Å². The minimum absolute atomic E-state index is 0.0463. The van der Waals surface area contributed by atoms with Gasteiger partial charge >= 0.3 is 0 Å². The van der Waals surface area contributed by atoms with Crippen molar-refractivity contribution >= 4 is 23.1 Å². The zero-order valence-electron chi connectivity index (χ0n) is 13.5. The zero-order chi connectivity index (χ0) is 16.2. The Balaban J connectivity index is 1.61. The lowest BCUT2D eigenvalue weighted by Gasteiger charge is -2.32. The quantitative estimate of drug-likeness (QED) is 0.858. The molecule has 1 atom stereocenters. The molecular weight excluding hydrogens is 310 g/mol. The molecule has 0 bridgehead atoms. The van der Waals surface area contributed by atoms with Gasteiger partial charge in [-0.3, -0.25) is 4.79 Å². The molecule has 1 saturated heterocycles. The molecule has 122 valence electrons. The number of nitrogens with zero attached hydrogens (tertiary/aromatic N) is 5. The summed E-state index contributed by atoms with van der Waals surface area (Å²) >= 11 is 1.46. The van der Waals surface area contributed by atoms with Crippen molar-refractivity contribution in [3.8, 4) is 0 Å². The monoisotopic (exact) mass is 331 g/mol. The average molecular weight is 331 g/mol. The molecule has 2 aromatic rings. The van der Waals surface area contributed by atoms with Gasteiger partial charge in [-0.25, -0.2) is 4.98 Å². The Morgan fingerprint density at radius 2 is 2.26 bits per heavy atom. The lowest BCUT2D eigenvalue weighted by molar-refractivity contribution is 0.0667. The Morgan fingerprint density at radius 3 is 2.91 bits per heavy atom. The molecule has 3 rings (SSSR count). The highest BCUT2D eigenvalue weighted by atomic mass is 32.1. The van der Waals surface area contributed by atoms with Crippen LogP contribution in [-0.2, 0) is 6.42 Å². The Bertz CT molecular complexity index is 641. The molecule has 2 aromatic heterocycles. The first-order chi connectivity index (χ1) is 11.1. The van der Waals surface area contributed by atoms with Crippen molar-refractivity contribution in [2.45, 2.75) is 19.3 Å². The molecule has 0 aliphatic carbocycles. The first kappa shape index (κ1) is 15.9. The molecule has 23 heavy (non-hydrogen) atoms. The van der Waals surface area contributed by atoms with Gasteiger partial charge in [0, 0.05) is 32.6 Å². The highest BCUT2D eigenvalue weighted by molar-refractivity contribution is 7.07. The Kier molecular flexibility index (Phi) is 4.85. The number of carbonyl (C=O) groups is 1. The second kappa shape index (κ2) is 7.04. The number of rotatable bonds is 4. The molecule has 0 aromatic carbocycles. The lowest BCUT2D eigenvalue weighted by atomic mass is 9.93. The molecule has 0 unspecified atom stereocenters. The van der Waals surface area contributed by atoms with Gasteiger partial charge in [-0.2, -0.15) is 5.10 Å². The van der Waals surface area contributed by atoms with Crippen molar-refractivity contribution in [3.63, 3.8) is 0 Å². The van der Waals surface area contributed by atoms with Gasteiger partial charge in [-0.05, 0) is 37.3 Å². The van der Waals surface area contributed by atoms with Crippen molar-refractivity contribution in [3.05, 3.63) is 34.4 Å². The van der Waals surface area contributed by atoms with Gasteiger partial charge in [0.15, 0.2) is 5.82 Å². The van der Waals surface area contributed by atoms with Crippen LogP contribution in [0, 0.1) is 5.92 Å². The van der Waals surface area contributed by atoms with Crippen LogP contribution in [-0.4, -0.2) is 53.2 Å². The van der Waals surface area contributed by atoms with Crippen LogP contribution in [0.3, 0.4) is 0 Å². The zero-order valence-corrected chi connectivity index (χ0v) is 14.3. The molecule has 0 radical (unpaired) electrons. The molecule has 1 fully saturated rings. The number of anilines is 1. The third kappa shape index (κ3) is 3.85. The van der Waals surface area contributed by atoms with Gasteiger partial charge < -0.3 is 9.80 Å². The molecule has 1 amide bonds. The van der Waals surface area contributed by atoms with E-state index in [9.17, 15) is 4.79 Å². The molecule has 1 aliphatic heterocycles. The summed E-state index contributed by atoms with van der Waals surface area (Å²) in [6.07, 6.45) is 3.02. The summed E-state index contributed by atoms with van der Waals surface area (Å²) < 4.78 is 0. The van der Waals surface area contributed by atoms with Crippen LogP contribution in [0.5, 0.6) is 0 Å². The van der Waals surface area contributed by atoms with E-state index in [1.807, 2.05) is 41.4 Å². The number of piperidine rings is 1. The second-order valence-electron chi connectivity index (χ2n) is 6.11. The lowest BCUT2D eigenvalue weighted by Crippen LogP contribution is -2.40. The van der Waals surface area contributed by atoms with Crippen LogP contribution in [0.15, 0.2) is 23.0 Å². The third-order valence-corrected chi connectivity index (χ3v) is 4.71. The number of hydrogen-bond acceptors (Lipinski definition) is 6. The van der Waals surface area contributed by atoms with Gasteiger partial charge in [-0.1, -0.05) is 0 Å². The smallest absolute Gasteiger partial charge is 0.273 e. The standard InChI is InChI=1S/C16H21N5OS/c1-20(2)15-6-5-13(18-19-15)8-12-4-3-7-21(9-12)16(22)14-10-23-11-17-14/h5-6,10-12H,3-4,7-9H2,1-2H3/t12-/m0/s1. The van der Waals surface area contributed by atoms with Crippen molar-refractivity contribution in [1.29, 1.82) is 0 Å². The number of amides is 1. The highest BCUT2D eigenvalue weighted by Crippen LogP contribution is 2.22. The van der Waals surface area contributed by atoms with E-state index in [4.69, 9.17) is 0 Å². The van der Waals surface area contributed by atoms with E-state index >= 15 is 0 Å². The third-order valence-electron chi connectivity index (χ3n) is 4.12. The summed E-state index contributed by atoms with van der Waals surface area (Å²) in [7, 11) is 3.90. The number of likely N-dealkylation sites (tertiary alicyclic amines) is 1. The number of hydrogen-bond donors (Lipinski definition) is 0. The van der Waals surface area contributed by atoms with Gasteiger partial charge in [-0.15, -0.1) is 16.4 Å². The second-order valence-corrected chi connectivity index (χ2v) is 6.83. The van der Waals surface area contributed by atoms with Crippen molar-refractivity contribution in [2.24, 2.45) is 5.92 Å². The normalized spacial score (nSPS) is 18.0. The first-order valence-corrected chi connectivity index (χ1v) is 8.75. The maximum Gasteiger partial charge on any atom is 0.273 e. The Labute approximate surface area is 140 Å². The Hall–Kier alpha value is -2.02. The minimum atomic E-state index is 0.0463. The summed E-state index contributed by atoms with van der Waals surface area (Å²) in [5.41, 5.74) is 3.26. The molecule has 0 saturated carbocycles. The maximum atomic E-state index is 12.4. The van der Waals surface area contributed by atoms with Crippen LogP contribution < -0.4 is 4.90 Å². The summed E-state index contributed by atoms with van der Waals surface area (Å²) in [6, 6.07) is 4.02. The van der Waals surface area contributed by atoms with Crippen LogP contribution >= 0.6 is 11.3 Å². The molecule has 7 heteroatoms. The first-order valence-electron chi connectivity index (χ1n) is 7.81. The van der Waals surface area contributed by atoms with Gasteiger partial charge in [0.25, 0.3) is 5.91 Å². The molecule has 0 spiro atoms. The van der Waals surface area contributed by atoms with Crippen molar-refractivity contribution in [2.75, 3.05) is 32.1 Å². The van der Waals surface area contributed by atoms with E-state index in [0.29, 0.717) is 11.6 Å². The molecule has 1 aliphatic rings. The topological polar surface area (TPSA) is 62.2 Å². The minimum Gasteiger partial charge on any atom is -0.361 e. The predicted octanol–water partition coefficient (Wildman–Crippen LogP) is 2.09. The van der Waals surface area contributed by atoms with Crippen molar-refractivity contribution in [1.82, 2.24) is 20.1 Å².